The lowest BCUT2D eigenvalue weighted by Crippen LogP contribution is -2.27. The van der Waals surface area contributed by atoms with Crippen LogP contribution >= 0.6 is 11.8 Å². The molecule has 3 rings (SSSR count). The molecule has 1 aliphatic heterocycles. The fourth-order valence-corrected chi connectivity index (χ4v) is 4.45. The Bertz CT molecular complexity index is 1110. The van der Waals surface area contributed by atoms with E-state index in [0.717, 1.165) is 12.1 Å². The first-order valence-corrected chi connectivity index (χ1v) is 11.3. The fourth-order valence-electron chi connectivity index (χ4n) is 3.50. The van der Waals surface area contributed by atoms with Gasteiger partial charge in [0.1, 0.15) is 5.84 Å². The van der Waals surface area contributed by atoms with Gasteiger partial charge in [-0.1, -0.05) is 24.8 Å². The molecular weight excluding hydrogens is 440 g/mol. The molecule has 0 saturated carbocycles. The first-order valence-electron chi connectivity index (χ1n) is 10.2. The highest BCUT2D eigenvalue weighted by atomic mass is 32.2. The van der Waals surface area contributed by atoms with Gasteiger partial charge in [-0.05, 0) is 29.8 Å². The summed E-state index contributed by atoms with van der Waals surface area (Å²) < 4.78 is 0. The van der Waals surface area contributed by atoms with Crippen molar-refractivity contribution in [3.63, 3.8) is 0 Å². The Labute approximate surface area is 196 Å². The summed E-state index contributed by atoms with van der Waals surface area (Å²) in [6, 6.07) is 11.3. The lowest BCUT2D eigenvalue weighted by Gasteiger charge is -2.22. The molecule has 1 atom stereocenters. The second-order valence-electron chi connectivity index (χ2n) is 7.43. The zero-order valence-corrected chi connectivity index (χ0v) is 18.8. The molecule has 1 unspecified atom stereocenters. The molecule has 0 spiro atoms. The number of aliphatic carboxylic acids is 1. The zero-order valence-electron chi connectivity index (χ0n) is 18.0. The van der Waals surface area contributed by atoms with Gasteiger partial charge in [0.15, 0.2) is 0 Å². The number of carboxylic acids is 1. The van der Waals surface area contributed by atoms with Crippen LogP contribution in [0.4, 0.5) is 5.69 Å². The number of nitrogen functional groups attached to an aromatic ring is 1. The molecule has 1 aliphatic rings. The van der Waals surface area contributed by atoms with Gasteiger partial charge in [-0.3, -0.25) is 15.0 Å². The second-order valence-corrected chi connectivity index (χ2v) is 8.50. The highest BCUT2D eigenvalue weighted by molar-refractivity contribution is 7.99. The number of rotatable bonds is 9. The van der Waals surface area contributed by atoms with Gasteiger partial charge in [-0.25, -0.2) is 4.99 Å². The van der Waals surface area contributed by atoms with Crippen molar-refractivity contribution in [1.82, 2.24) is 10.2 Å². The molecular formula is C23H26N6O3S. The summed E-state index contributed by atoms with van der Waals surface area (Å²) in [5.41, 5.74) is 14.2. The number of benzene rings is 2. The lowest BCUT2D eigenvalue weighted by atomic mass is 9.99. The van der Waals surface area contributed by atoms with E-state index in [2.05, 4.69) is 16.9 Å². The van der Waals surface area contributed by atoms with Gasteiger partial charge in [0.05, 0.1) is 30.4 Å². The molecule has 0 aliphatic carbocycles. The van der Waals surface area contributed by atoms with E-state index in [1.807, 2.05) is 0 Å². The Balaban J connectivity index is 1.89. The molecule has 1 fully saturated rings. The van der Waals surface area contributed by atoms with E-state index in [1.165, 1.54) is 0 Å². The smallest absolute Gasteiger partial charge is 0.305 e. The average Bonchev–Trinajstić information content (AvgIpc) is 3.33. The zero-order chi connectivity index (χ0) is 24.0. The second kappa shape index (κ2) is 10.7. The number of amides is 1. The van der Waals surface area contributed by atoms with E-state index in [1.54, 1.807) is 59.1 Å². The number of carboxylic acid groups (broad SMARTS) is 1. The normalized spacial score (nSPS) is 14.2. The Hall–Kier alpha value is -3.79. The minimum absolute atomic E-state index is 0.0802. The van der Waals surface area contributed by atoms with Gasteiger partial charge in [0, 0.05) is 34.7 Å². The van der Waals surface area contributed by atoms with Crippen molar-refractivity contribution < 1.29 is 14.7 Å². The number of aliphatic imine (C=N–C) groups is 1. The van der Waals surface area contributed by atoms with Crippen molar-refractivity contribution in [3.8, 4) is 0 Å². The number of nitrogens with two attached hydrogens (primary N) is 2. The molecule has 0 radical (unpaired) electrons. The molecule has 1 heterocycles. The van der Waals surface area contributed by atoms with Crippen LogP contribution in [0.2, 0.25) is 0 Å². The number of hydrogen-bond acceptors (Lipinski definition) is 6. The van der Waals surface area contributed by atoms with Crippen LogP contribution in [0.15, 0.2) is 54.0 Å². The van der Waals surface area contributed by atoms with Gasteiger partial charge in [0.25, 0.3) is 5.91 Å². The van der Waals surface area contributed by atoms with Crippen molar-refractivity contribution in [2.24, 2.45) is 16.5 Å². The predicted octanol–water partition coefficient (Wildman–Crippen LogP) is 2.51. The monoisotopic (exact) mass is 466 g/mol. The van der Waals surface area contributed by atoms with Crippen LogP contribution in [0.25, 0.3) is 5.70 Å². The van der Waals surface area contributed by atoms with Gasteiger partial charge in [-0.15, -0.1) is 11.8 Å². The van der Waals surface area contributed by atoms with Crippen LogP contribution in [0, 0.1) is 5.41 Å². The van der Waals surface area contributed by atoms with E-state index in [4.69, 9.17) is 16.9 Å². The quantitative estimate of drug-likeness (QED) is 0.280. The van der Waals surface area contributed by atoms with Crippen LogP contribution < -0.4 is 16.8 Å². The van der Waals surface area contributed by atoms with Gasteiger partial charge in [0.2, 0.25) is 0 Å². The molecule has 172 valence electrons. The summed E-state index contributed by atoms with van der Waals surface area (Å²) in [7, 11) is 0. The standard InChI is InChI=1S/C23H26N6O3S/c1-14(28-19(11-21(30)31)15-3-2-4-16(9-15)22(25)26)18-6-5-17(10-20(18)27-12-24)23(32)29-7-8-33-13-29/h2-6,9-10,12,19,28H,1,7-8,11,13H2,(H2,24,27)(H3,25,26)(H,30,31). The molecule has 0 aromatic heterocycles. The van der Waals surface area contributed by atoms with Crippen LogP contribution in [0.3, 0.4) is 0 Å². The van der Waals surface area contributed by atoms with Gasteiger partial charge < -0.3 is 26.8 Å². The third-order valence-corrected chi connectivity index (χ3v) is 6.12. The molecule has 0 bridgehead atoms. The molecule has 1 amide bonds. The molecule has 10 heteroatoms. The first kappa shape index (κ1) is 23.9. The predicted molar refractivity (Wildman–Crippen MR) is 132 cm³/mol. The highest BCUT2D eigenvalue weighted by Crippen LogP contribution is 2.30. The number of nitrogens with zero attached hydrogens (tertiary/aromatic N) is 2. The maximum atomic E-state index is 12.8. The van der Waals surface area contributed by atoms with E-state index in [-0.39, 0.29) is 18.2 Å². The minimum atomic E-state index is -1.00. The summed E-state index contributed by atoms with van der Waals surface area (Å²) in [5.74, 6) is 0.372. The molecule has 33 heavy (non-hydrogen) atoms. The largest absolute Gasteiger partial charge is 0.481 e. The Morgan fingerprint density at radius 2 is 2.09 bits per heavy atom. The number of nitrogens with one attached hydrogen (secondary N) is 2. The Morgan fingerprint density at radius 3 is 2.73 bits per heavy atom. The maximum absolute atomic E-state index is 12.8. The van der Waals surface area contributed by atoms with Crippen LogP contribution in [-0.4, -0.2) is 52.2 Å². The maximum Gasteiger partial charge on any atom is 0.305 e. The van der Waals surface area contributed by atoms with Crippen molar-refractivity contribution >= 4 is 47.2 Å². The number of amidine groups is 1. The topological polar surface area (TPSA) is 158 Å². The third-order valence-electron chi connectivity index (χ3n) is 5.15. The molecule has 1 saturated heterocycles. The van der Waals surface area contributed by atoms with Gasteiger partial charge >= 0.3 is 5.97 Å². The highest BCUT2D eigenvalue weighted by Gasteiger charge is 2.22. The summed E-state index contributed by atoms with van der Waals surface area (Å²) >= 11 is 1.70. The van der Waals surface area contributed by atoms with Crippen molar-refractivity contribution in [3.05, 3.63) is 71.3 Å². The minimum Gasteiger partial charge on any atom is -0.481 e. The summed E-state index contributed by atoms with van der Waals surface area (Å²) in [4.78, 5) is 30.2. The SMILES string of the molecule is C=C(NC(CC(=O)O)c1cccc(C(=N)N)c1)c1ccc(C(=O)N2CCSC2)cc1/N=C\N. The van der Waals surface area contributed by atoms with Crippen molar-refractivity contribution in [1.29, 1.82) is 5.41 Å². The van der Waals surface area contributed by atoms with E-state index in [0.29, 0.717) is 46.1 Å². The van der Waals surface area contributed by atoms with Crippen molar-refractivity contribution in [2.75, 3.05) is 18.2 Å². The number of thioether (sulfide) groups is 1. The first-order chi connectivity index (χ1) is 15.8. The van der Waals surface area contributed by atoms with Crippen LogP contribution in [0.1, 0.15) is 39.5 Å². The average molecular weight is 467 g/mol. The van der Waals surface area contributed by atoms with Crippen LogP contribution in [-0.2, 0) is 4.79 Å². The summed E-state index contributed by atoms with van der Waals surface area (Å²) in [5, 5.41) is 20.2. The Kier molecular flexibility index (Phi) is 7.73. The van der Waals surface area contributed by atoms with Crippen molar-refractivity contribution in [2.45, 2.75) is 12.5 Å². The van der Waals surface area contributed by atoms with E-state index >= 15 is 0 Å². The molecule has 2 aromatic rings. The number of carbonyl (C=O) groups excluding carboxylic acids is 1. The number of hydrogen-bond donors (Lipinski definition) is 5. The van der Waals surface area contributed by atoms with Crippen LogP contribution in [0.5, 0.6) is 0 Å². The Morgan fingerprint density at radius 1 is 1.30 bits per heavy atom. The number of carbonyl (C=O) groups is 2. The molecule has 9 nitrogen and oxygen atoms in total. The summed E-state index contributed by atoms with van der Waals surface area (Å²) in [6.07, 6.45) is 0.913. The summed E-state index contributed by atoms with van der Waals surface area (Å²) in [6.45, 7) is 4.77. The lowest BCUT2D eigenvalue weighted by molar-refractivity contribution is -0.137. The fraction of sp³-hybridized carbons (Fsp3) is 0.217. The van der Waals surface area contributed by atoms with Gasteiger partial charge in [-0.2, -0.15) is 0 Å². The molecule has 7 N–H and O–H groups in total. The third kappa shape index (κ3) is 5.92. The van der Waals surface area contributed by atoms with E-state index in [9.17, 15) is 14.7 Å². The van der Waals surface area contributed by atoms with E-state index < -0.39 is 12.0 Å². The molecule has 2 aromatic carbocycles.